The summed E-state index contributed by atoms with van der Waals surface area (Å²) < 4.78 is 0.0652. The summed E-state index contributed by atoms with van der Waals surface area (Å²) in [6.07, 6.45) is 0.548. The predicted octanol–water partition coefficient (Wildman–Crippen LogP) is 3.37. The lowest BCUT2D eigenvalue weighted by atomic mass is 9.85. The summed E-state index contributed by atoms with van der Waals surface area (Å²) in [4.78, 5) is 14.4. The highest BCUT2D eigenvalue weighted by atomic mass is 32.2. The lowest BCUT2D eigenvalue weighted by Crippen LogP contribution is -2.48. The zero-order chi connectivity index (χ0) is 13.1. The number of hydrogen-bond donors (Lipinski definition) is 0. The van der Waals surface area contributed by atoms with Gasteiger partial charge in [-0.1, -0.05) is 24.3 Å². The van der Waals surface area contributed by atoms with Crippen molar-refractivity contribution in [2.24, 2.45) is 0 Å². The molecule has 96 valence electrons. The maximum Gasteiger partial charge on any atom is 0.228 e. The van der Waals surface area contributed by atoms with Crippen LogP contribution < -0.4 is 0 Å². The maximum atomic E-state index is 12.5. The summed E-state index contributed by atoms with van der Waals surface area (Å²) in [7, 11) is 0. The summed E-state index contributed by atoms with van der Waals surface area (Å²) in [5, 5.41) is 0. The zero-order valence-corrected chi connectivity index (χ0v) is 12.2. The average molecular weight is 261 g/mol. The van der Waals surface area contributed by atoms with E-state index in [2.05, 4.69) is 50.8 Å². The minimum atomic E-state index is -0.112. The van der Waals surface area contributed by atoms with Crippen molar-refractivity contribution in [3.63, 3.8) is 0 Å². The van der Waals surface area contributed by atoms with Crippen molar-refractivity contribution in [3.8, 4) is 0 Å². The van der Waals surface area contributed by atoms with E-state index in [1.54, 1.807) is 0 Å². The fourth-order valence-electron chi connectivity index (χ4n) is 3.54. The monoisotopic (exact) mass is 261 g/mol. The van der Waals surface area contributed by atoms with E-state index in [1.165, 1.54) is 11.1 Å². The quantitative estimate of drug-likeness (QED) is 0.713. The van der Waals surface area contributed by atoms with Crippen LogP contribution in [0, 0.1) is 0 Å². The van der Waals surface area contributed by atoms with Gasteiger partial charge in [0.2, 0.25) is 5.91 Å². The standard InChI is InChI=1S/C15H19NOS/c1-14(2)13-11-8-6-5-7-10(11)9-12(17)16(13)15(3,4)18-14/h5-8,13H,9H2,1-4H3/t13-/m1/s1. The number of carbonyl (C=O) groups excluding carboxylic acids is 1. The molecule has 1 aromatic carbocycles. The van der Waals surface area contributed by atoms with Gasteiger partial charge in [-0.3, -0.25) is 4.79 Å². The topological polar surface area (TPSA) is 20.3 Å². The third-order valence-electron chi connectivity index (χ3n) is 3.97. The molecular weight excluding hydrogens is 242 g/mol. The van der Waals surface area contributed by atoms with Crippen molar-refractivity contribution in [2.45, 2.75) is 49.8 Å². The van der Waals surface area contributed by atoms with Crippen molar-refractivity contribution in [2.75, 3.05) is 0 Å². The number of nitrogens with zero attached hydrogens (tertiary/aromatic N) is 1. The van der Waals surface area contributed by atoms with Gasteiger partial charge < -0.3 is 4.90 Å². The molecule has 3 rings (SSSR count). The van der Waals surface area contributed by atoms with Gasteiger partial charge in [-0.15, -0.1) is 11.8 Å². The smallest absolute Gasteiger partial charge is 0.228 e. The van der Waals surface area contributed by atoms with E-state index in [9.17, 15) is 4.79 Å². The van der Waals surface area contributed by atoms with E-state index < -0.39 is 0 Å². The van der Waals surface area contributed by atoms with Crippen molar-refractivity contribution < 1.29 is 4.79 Å². The molecule has 1 aromatic rings. The number of fused-ring (bicyclic) bond motifs is 3. The molecule has 0 unspecified atom stereocenters. The number of benzene rings is 1. The Hall–Kier alpha value is -0.960. The molecule has 0 aromatic heterocycles. The number of thioether (sulfide) groups is 1. The second-order valence-electron chi connectivity index (χ2n) is 6.19. The first kappa shape index (κ1) is 12.1. The van der Waals surface area contributed by atoms with E-state index in [0.717, 1.165) is 0 Å². The van der Waals surface area contributed by atoms with Crippen LogP contribution in [0.2, 0.25) is 0 Å². The Kier molecular flexibility index (Phi) is 2.37. The molecule has 0 radical (unpaired) electrons. The molecule has 0 N–H and O–H groups in total. The first-order valence-corrected chi connectivity index (χ1v) is 7.25. The van der Waals surface area contributed by atoms with Crippen molar-refractivity contribution in [1.29, 1.82) is 0 Å². The van der Waals surface area contributed by atoms with Crippen LogP contribution in [0.1, 0.15) is 44.9 Å². The van der Waals surface area contributed by atoms with Gasteiger partial charge in [0.1, 0.15) is 0 Å². The third-order valence-corrected chi connectivity index (χ3v) is 5.42. The van der Waals surface area contributed by atoms with E-state index in [4.69, 9.17) is 0 Å². The van der Waals surface area contributed by atoms with Gasteiger partial charge in [0.25, 0.3) is 0 Å². The van der Waals surface area contributed by atoms with Gasteiger partial charge in [0, 0.05) is 4.75 Å². The largest absolute Gasteiger partial charge is 0.320 e. The lowest BCUT2D eigenvalue weighted by molar-refractivity contribution is -0.136. The number of amides is 1. The fourth-order valence-corrected chi connectivity index (χ4v) is 5.48. The van der Waals surface area contributed by atoms with Crippen molar-refractivity contribution in [1.82, 2.24) is 4.90 Å². The van der Waals surface area contributed by atoms with E-state index in [0.29, 0.717) is 6.42 Å². The maximum absolute atomic E-state index is 12.5. The van der Waals surface area contributed by atoms with Gasteiger partial charge in [0.05, 0.1) is 17.3 Å². The van der Waals surface area contributed by atoms with Gasteiger partial charge >= 0.3 is 0 Å². The molecule has 18 heavy (non-hydrogen) atoms. The van der Waals surface area contributed by atoms with Crippen LogP contribution in [0.25, 0.3) is 0 Å². The Morgan fingerprint density at radius 2 is 1.89 bits per heavy atom. The number of carbonyl (C=O) groups is 1. The number of hydrogen-bond acceptors (Lipinski definition) is 2. The highest BCUT2D eigenvalue weighted by molar-refractivity contribution is 8.02. The predicted molar refractivity (Wildman–Crippen MR) is 75.5 cm³/mol. The second-order valence-corrected chi connectivity index (χ2v) is 8.45. The van der Waals surface area contributed by atoms with Gasteiger partial charge in [-0.05, 0) is 38.8 Å². The van der Waals surface area contributed by atoms with Crippen LogP contribution in [0.5, 0.6) is 0 Å². The minimum Gasteiger partial charge on any atom is -0.320 e. The highest BCUT2D eigenvalue weighted by Crippen LogP contribution is 2.59. The molecule has 2 aliphatic heterocycles. The highest BCUT2D eigenvalue weighted by Gasteiger charge is 2.56. The lowest BCUT2D eigenvalue weighted by Gasteiger charge is -2.40. The summed E-state index contributed by atoms with van der Waals surface area (Å²) in [5.74, 6) is 0.266. The molecule has 1 amide bonds. The summed E-state index contributed by atoms with van der Waals surface area (Å²) in [6.45, 7) is 8.81. The molecule has 1 atom stereocenters. The molecule has 3 heteroatoms. The second kappa shape index (κ2) is 3.53. The van der Waals surface area contributed by atoms with Crippen LogP contribution >= 0.6 is 11.8 Å². The summed E-state index contributed by atoms with van der Waals surface area (Å²) in [5.41, 5.74) is 2.54. The molecule has 2 heterocycles. The molecule has 1 saturated heterocycles. The van der Waals surface area contributed by atoms with Crippen LogP contribution in [-0.4, -0.2) is 20.4 Å². The fraction of sp³-hybridized carbons (Fsp3) is 0.533. The van der Waals surface area contributed by atoms with E-state index in [-0.39, 0.29) is 21.6 Å². The first-order valence-electron chi connectivity index (χ1n) is 6.43. The Morgan fingerprint density at radius 1 is 1.22 bits per heavy atom. The zero-order valence-electron chi connectivity index (χ0n) is 11.4. The van der Waals surface area contributed by atoms with Crippen LogP contribution in [0.3, 0.4) is 0 Å². The molecule has 0 spiro atoms. The molecular formula is C15H19NOS. The minimum absolute atomic E-state index is 0.0652. The Balaban J connectivity index is 2.20. The Morgan fingerprint density at radius 3 is 2.61 bits per heavy atom. The molecule has 0 saturated carbocycles. The molecule has 0 bridgehead atoms. The third kappa shape index (κ3) is 1.53. The van der Waals surface area contributed by atoms with Crippen LogP contribution in [0.15, 0.2) is 24.3 Å². The normalized spacial score (nSPS) is 27.9. The Labute approximate surface area is 113 Å². The molecule has 1 fully saturated rings. The van der Waals surface area contributed by atoms with Crippen molar-refractivity contribution in [3.05, 3.63) is 35.4 Å². The van der Waals surface area contributed by atoms with Gasteiger partial charge in [0.15, 0.2) is 0 Å². The summed E-state index contributed by atoms with van der Waals surface area (Å²) >= 11 is 1.90. The van der Waals surface area contributed by atoms with Gasteiger partial charge in [-0.2, -0.15) is 0 Å². The SMILES string of the molecule is CC1(C)SC(C)(C)N2C(=O)Cc3ccccc3[C@@H]21. The first-order chi connectivity index (χ1) is 8.33. The molecule has 0 aliphatic carbocycles. The Bertz CT molecular complexity index is 521. The van der Waals surface area contributed by atoms with Crippen LogP contribution in [-0.2, 0) is 11.2 Å². The average Bonchev–Trinajstić information content (AvgIpc) is 2.45. The summed E-state index contributed by atoms with van der Waals surface area (Å²) in [6, 6.07) is 8.59. The number of rotatable bonds is 0. The van der Waals surface area contributed by atoms with Gasteiger partial charge in [-0.25, -0.2) is 0 Å². The molecule has 2 aliphatic rings. The molecule has 2 nitrogen and oxygen atoms in total. The van der Waals surface area contributed by atoms with Crippen molar-refractivity contribution >= 4 is 17.7 Å². The van der Waals surface area contributed by atoms with E-state index >= 15 is 0 Å². The van der Waals surface area contributed by atoms with E-state index in [1.807, 2.05) is 17.8 Å². The van der Waals surface area contributed by atoms with Crippen LogP contribution in [0.4, 0.5) is 0 Å².